The molecule has 0 fully saturated rings. The Morgan fingerprint density at radius 1 is 0.583 bits per heavy atom. The van der Waals surface area contributed by atoms with E-state index in [4.69, 9.17) is 18.6 Å². The van der Waals surface area contributed by atoms with Crippen LogP contribution in [-0.4, -0.2) is 29.2 Å². The van der Waals surface area contributed by atoms with Gasteiger partial charge in [-0.15, -0.1) is 0 Å². The minimum Gasteiger partial charge on any atom is -0.303 e. The molecule has 0 aromatic carbocycles. The van der Waals surface area contributed by atoms with Crippen LogP contribution in [0.2, 0.25) is 0 Å². The third kappa shape index (κ3) is 30.0. The average Bonchev–Trinajstić information content (AvgIpc) is 2.49. The van der Waals surface area contributed by atoms with E-state index in [1.807, 2.05) is 0 Å². The smallest absolute Gasteiger partial charge is 0.0777 e. The molecule has 24 heavy (non-hydrogen) atoms. The Morgan fingerprint density at radius 2 is 0.833 bits per heavy atom. The molecule has 0 rings (SSSR count). The summed E-state index contributed by atoms with van der Waals surface area (Å²) in [7, 11) is -4.69. The van der Waals surface area contributed by atoms with Gasteiger partial charge in [0.2, 0.25) is 0 Å². The predicted molar refractivity (Wildman–Crippen MR) is 91.1 cm³/mol. The van der Waals surface area contributed by atoms with E-state index in [1.54, 1.807) is 0 Å². The van der Waals surface area contributed by atoms with E-state index in [1.165, 1.54) is 96.7 Å². The van der Waals surface area contributed by atoms with Crippen LogP contribution in [-0.2, 0) is 0 Å². The highest BCUT2D eigenvalue weighted by Crippen LogP contribution is 2.08. The summed E-state index contributed by atoms with van der Waals surface area (Å²) in [6, 6.07) is 0. The number of hydrogen-bond acceptors (Lipinski definition) is 5. The molecule has 0 aromatic rings. The number of hydrogen-bond donors (Lipinski definition) is 1. The maximum absolute atomic E-state index is 8.60. The van der Waals surface area contributed by atoms with Gasteiger partial charge in [-0.3, -0.25) is 0 Å². The summed E-state index contributed by atoms with van der Waals surface area (Å²) in [4.78, 5) is 2.74. The zero-order valence-electron chi connectivity index (χ0n) is 16.1. The molecule has 0 amide bonds. The third-order valence-electron chi connectivity index (χ3n) is 3.98. The van der Waals surface area contributed by atoms with Crippen molar-refractivity contribution in [2.45, 2.75) is 97.8 Å². The molecule has 0 aliphatic heterocycles. The van der Waals surface area contributed by atoms with Crippen molar-refractivity contribution < 1.29 is 28.9 Å². The first kappa shape index (κ1) is 26.3. The summed E-state index contributed by atoms with van der Waals surface area (Å²) in [6.07, 6.45) is 16.8. The van der Waals surface area contributed by atoms with E-state index in [2.05, 4.69) is 25.7 Å². The Balaban J connectivity index is 0. The molecule has 0 atom stereocenters. The second-order valence-corrected chi connectivity index (χ2v) is 7.21. The molecule has 0 saturated heterocycles. The van der Waals surface area contributed by atoms with Crippen molar-refractivity contribution in [3.63, 3.8) is 0 Å². The Morgan fingerprint density at radius 3 is 1.04 bits per heavy atom. The molecule has 0 aromatic heterocycles. The normalized spacial score (nSPS) is 11.5. The van der Waals surface area contributed by atoms with Crippen LogP contribution in [0.25, 0.3) is 0 Å². The van der Waals surface area contributed by atoms with Crippen molar-refractivity contribution in [1.82, 2.24) is 4.90 Å². The molecule has 0 unspecified atom stereocenters. The van der Waals surface area contributed by atoms with Crippen LogP contribution >= 0.6 is 0 Å². The highest BCUT2D eigenvalue weighted by Gasteiger charge is 2.04. The number of halogens is 1. The molecule has 0 bridgehead atoms. The third-order valence-corrected chi connectivity index (χ3v) is 3.98. The van der Waals surface area contributed by atoms with Crippen molar-refractivity contribution in [1.29, 1.82) is 0 Å². The summed E-state index contributed by atoms with van der Waals surface area (Å²) >= 11 is 0. The van der Waals surface area contributed by atoms with Crippen molar-refractivity contribution in [3.8, 4) is 0 Å². The van der Waals surface area contributed by atoms with Crippen molar-refractivity contribution in [2.75, 3.05) is 19.6 Å². The fourth-order valence-corrected chi connectivity index (χ4v) is 2.62. The molecule has 0 heterocycles. The van der Waals surface area contributed by atoms with Gasteiger partial charge in [0.25, 0.3) is 0 Å². The molecule has 6 heteroatoms. The van der Waals surface area contributed by atoms with Gasteiger partial charge in [-0.25, -0.2) is 0 Å². The molecule has 5 nitrogen and oxygen atoms in total. The second kappa shape index (κ2) is 19.4. The fourth-order valence-electron chi connectivity index (χ4n) is 2.62. The van der Waals surface area contributed by atoms with E-state index < -0.39 is 10.2 Å². The standard InChI is InChI=1S/C18H39N.ClHO4/c1-4-7-10-13-16-19(17-14-11-8-5-2)18-15-12-9-6-3;2-1(3,4)5/h4-18H2,1-3H3;(H,2,3,4,5). The first-order valence-corrected chi connectivity index (χ1v) is 11.0. The van der Waals surface area contributed by atoms with Crippen LogP contribution in [0, 0.1) is 10.2 Å². The lowest BCUT2D eigenvalue weighted by atomic mass is 10.1. The number of unbranched alkanes of at least 4 members (excludes halogenated alkanes) is 9. The summed E-state index contributed by atoms with van der Waals surface area (Å²) < 4.78 is 32.7. The van der Waals surface area contributed by atoms with Crippen LogP contribution in [0.5, 0.6) is 0 Å². The maximum atomic E-state index is 8.60. The van der Waals surface area contributed by atoms with Crippen LogP contribution < -0.4 is 14.0 Å². The molecular weight excluding hydrogens is 330 g/mol. The van der Waals surface area contributed by atoms with Gasteiger partial charge in [0.15, 0.2) is 0 Å². The first-order valence-electron chi connectivity index (χ1n) is 9.70. The molecule has 148 valence electrons. The molecule has 0 radical (unpaired) electrons. The Bertz CT molecular complexity index is 203. The van der Waals surface area contributed by atoms with Gasteiger partial charge in [-0.05, 0) is 38.9 Å². The van der Waals surface area contributed by atoms with Crippen LogP contribution in [0.4, 0.5) is 0 Å². The zero-order valence-corrected chi connectivity index (χ0v) is 16.9. The van der Waals surface area contributed by atoms with Crippen LogP contribution in [0.15, 0.2) is 0 Å². The van der Waals surface area contributed by atoms with Crippen LogP contribution in [0.1, 0.15) is 97.8 Å². The van der Waals surface area contributed by atoms with Gasteiger partial charge in [0.1, 0.15) is 0 Å². The Hall–Kier alpha value is 0.0900. The molecular formula is C18H40ClNO4. The predicted octanol–water partition coefficient (Wildman–Crippen LogP) is 1.91. The highest BCUT2D eigenvalue weighted by atomic mass is 35.7. The van der Waals surface area contributed by atoms with Gasteiger partial charge in [0.05, 0.1) is 14.9 Å². The van der Waals surface area contributed by atoms with Gasteiger partial charge >= 0.3 is 0 Å². The summed E-state index contributed by atoms with van der Waals surface area (Å²) in [5, 5.41) is 0. The number of nitrogens with zero attached hydrogens (tertiary/aromatic N) is 1. The largest absolute Gasteiger partial charge is 0.303 e. The van der Waals surface area contributed by atoms with Crippen molar-refractivity contribution in [3.05, 3.63) is 0 Å². The van der Waals surface area contributed by atoms with E-state index in [-0.39, 0.29) is 0 Å². The number of rotatable bonds is 15. The topological polar surface area (TPSA) is 92.7 Å². The molecule has 0 aliphatic carbocycles. The van der Waals surface area contributed by atoms with Gasteiger partial charge in [-0.1, -0.05) is 78.6 Å². The van der Waals surface area contributed by atoms with Gasteiger partial charge in [-0.2, -0.15) is 14.0 Å². The highest BCUT2D eigenvalue weighted by molar-refractivity contribution is 4.59. The van der Waals surface area contributed by atoms with E-state index in [0.29, 0.717) is 0 Å². The fraction of sp³-hybridized carbons (Fsp3) is 1.00. The van der Waals surface area contributed by atoms with Gasteiger partial charge < -0.3 is 4.90 Å². The minimum atomic E-state index is -4.69. The SMILES string of the molecule is CCCCCCN(CCCCCC)CCCCCC.[O-][Cl+3]([O-])([O-])O. The summed E-state index contributed by atoms with van der Waals surface area (Å²) in [5.74, 6) is 0. The molecule has 0 aliphatic rings. The van der Waals surface area contributed by atoms with E-state index in [9.17, 15) is 0 Å². The lowest BCUT2D eigenvalue weighted by Crippen LogP contribution is -2.58. The lowest BCUT2D eigenvalue weighted by Gasteiger charge is -2.22. The van der Waals surface area contributed by atoms with Crippen molar-refractivity contribution in [2.24, 2.45) is 0 Å². The summed E-state index contributed by atoms with van der Waals surface area (Å²) in [6.45, 7) is 10.9. The molecule has 0 saturated carbocycles. The quantitative estimate of drug-likeness (QED) is 0.445. The van der Waals surface area contributed by atoms with Crippen molar-refractivity contribution >= 4 is 0 Å². The molecule has 0 spiro atoms. The Labute approximate surface area is 151 Å². The second-order valence-electron chi connectivity index (χ2n) is 6.42. The average molecular weight is 370 g/mol. The zero-order chi connectivity index (χ0) is 18.7. The molecule has 1 N–H and O–H groups in total. The summed E-state index contributed by atoms with van der Waals surface area (Å²) in [5.41, 5.74) is 0. The van der Waals surface area contributed by atoms with E-state index >= 15 is 0 Å². The Kier molecular flexibility index (Phi) is 21.3. The van der Waals surface area contributed by atoms with Crippen LogP contribution in [0.3, 0.4) is 0 Å². The minimum absolute atomic E-state index is 1.35. The monoisotopic (exact) mass is 369 g/mol. The maximum Gasteiger partial charge on any atom is 0.0777 e. The van der Waals surface area contributed by atoms with E-state index in [0.717, 1.165) is 0 Å². The first-order chi connectivity index (χ1) is 11.3. The lowest BCUT2D eigenvalue weighted by molar-refractivity contribution is -1.92. The van der Waals surface area contributed by atoms with Gasteiger partial charge in [0, 0.05) is 0 Å².